The summed E-state index contributed by atoms with van der Waals surface area (Å²) >= 11 is 3.25. The number of aromatic nitrogens is 1. The number of furan rings is 1. The van der Waals surface area contributed by atoms with E-state index in [4.69, 9.17) is 9.15 Å². The smallest absolute Gasteiger partial charge is 0.409 e. The van der Waals surface area contributed by atoms with E-state index in [-0.39, 0.29) is 41.2 Å². The van der Waals surface area contributed by atoms with E-state index in [1.165, 1.54) is 0 Å². The number of nitrogens with zero attached hydrogens (tertiary/aromatic N) is 3. The molecule has 2 fully saturated rings. The summed E-state index contributed by atoms with van der Waals surface area (Å²) in [5.41, 5.74) is 2.79. The lowest BCUT2D eigenvalue weighted by atomic mass is 9.83. The number of ether oxygens (including phenoxy) is 1. The van der Waals surface area contributed by atoms with Crippen molar-refractivity contribution in [2.24, 2.45) is 5.92 Å². The zero-order chi connectivity index (χ0) is 30.1. The molecule has 3 aliphatic heterocycles. The first-order valence-electron chi connectivity index (χ1n) is 14.7. The van der Waals surface area contributed by atoms with Gasteiger partial charge in [0.1, 0.15) is 0 Å². The predicted octanol–water partition coefficient (Wildman–Crippen LogP) is 4.43. The average molecular weight is 653 g/mol. The molecule has 5 heterocycles. The van der Waals surface area contributed by atoms with Crippen molar-refractivity contribution in [2.45, 2.75) is 44.7 Å². The van der Waals surface area contributed by atoms with Crippen molar-refractivity contribution in [2.75, 3.05) is 43.0 Å². The van der Waals surface area contributed by atoms with Crippen molar-refractivity contribution in [3.63, 3.8) is 0 Å². The van der Waals surface area contributed by atoms with Gasteiger partial charge < -0.3 is 34.2 Å². The number of fused-ring (bicyclic) bond motifs is 4. The molecule has 1 aromatic carbocycles. The molecule has 2 unspecified atom stereocenters. The van der Waals surface area contributed by atoms with Crippen LogP contribution in [0.3, 0.4) is 0 Å². The molecule has 3 aromatic rings. The summed E-state index contributed by atoms with van der Waals surface area (Å²) in [4.78, 5) is 55.0. The molecule has 3 aliphatic rings. The molecule has 43 heavy (non-hydrogen) atoms. The molecule has 226 valence electrons. The minimum absolute atomic E-state index is 0.0279. The van der Waals surface area contributed by atoms with E-state index in [1.807, 2.05) is 22.8 Å². The Balaban J connectivity index is 1.22. The zero-order valence-electron chi connectivity index (χ0n) is 23.9. The van der Waals surface area contributed by atoms with Crippen molar-refractivity contribution in [3.8, 4) is 0 Å². The lowest BCUT2D eigenvalue weighted by molar-refractivity contribution is 0.0859. The van der Waals surface area contributed by atoms with Crippen LogP contribution in [0.25, 0.3) is 0 Å². The highest BCUT2D eigenvalue weighted by Crippen LogP contribution is 2.39. The van der Waals surface area contributed by atoms with Crippen molar-refractivity contribution in [3.05, 3.63) is 80.6 Å². The number of carbonyl (C=O) groups excluding carboxylic acids is 3. The number of carbonyl (C=O) groups is 3. The van der Waals surface area contributed by atoms with Crippen LogP contribution in [0, 0.1) is 5.92 Å². The van der Waals surface area contributed by atoms with Crippen LogP contribution < -0.4 is 21.1 Å². The third-order valence-electron chi connectivity index (χ3n) is 8.48. The van der Waals surface area contributed by atoms with Crippen LogP contribution in [0.2, 0.25) is 0 Å². The number of benzene rings is 1. The predicted molar refractivity (Wildman–Crippen MR) is 164 cm³/mol. The lowest BCUT2D eigenvalue weighted by Crippen LogP contribution is -2.47. The Morgan fingerprint density at radius 2 is 1.84 bits per heavy atom. The fourth-order valence-electron chi connectivity index (χ4n) is 6.46. The van der Waals surface area contributed by atoms with Crippen LogP contribution in [0.4, 0.5) is 16.2 Å². The molecule has 12 heteroatoms. The van der Waals surface area contributed by atoms with Crippen molar-refractivity contribution < 1.29 is 23.5 Å². The summed E-state index contributed by atoms with van der Waals surface area (Å²) in [6, 6.07) is 14.0. The molecule has 2 N–H and O–H groups in total. The van der Waals surface area contributed by atoms with Gasteiger partial charge in [0, 0.05) is 62.0 Å². The molecule has 3 amide bonds. The summed E-state index contributed by atoms with van der Waals surface area (Å²) in [5.74, 6) is -0.0789. The standard InChI is InChI=1S/C31H34BrN5O6/c1-2-42-31(41)35-12-10-22(11-13-35)33-29(39)20-6-7-25(23(15-20)34-30(40)26-8-9-27(32)43-26)36-16-19-14-21(18-36)24-4-3-5-28(38)37(24)17-19/h3-9,15,19,21-22H,2,10-14,16-18H2,1H3,(H,33,39)(H,34,40). The monoisotopic (exact) mass is 651 g/mol. The number of nitrogens with one attached hydrogen (secondary N) is 2. The number of hydrogen-bond acceptors (Lipinski definition) is 7. The van der Waals surface area contributed by atoms with E-state index in [2.05, 4.69) is 31.5 Å². The number of amides is 3. The fourth-order valence-corrected chi connectivity index (χ4v) is 6.76. The number of hydrogen-bond donors (Lipinski definition) is 2. The fraction of sp³-hybridized carbons (Fsp3) is 0.419. The molecule has 6 rings (SSSR count). The van der Waals surface area contributed by atoms with E-state index >= 15 is 0 Å². The Morgan fingerprint density at radius 3 is 2.58 bits per heavy atom. The molecule has 2 atom stereocenters. The molecule has 11 nitrogen and oxygen atoms in total. The van der Waals surface area contributed by atoms with Crippen LogP contribution in [-0.2, 0) is 11.3 Å². The Morgan fingerprint density at radius 1 is 1.02 bits per heavy atom. The number of pyridine rings is 1. The molecule has 0 radical (unpaired) electrons. The molecule has 0 aliphatic carbocycles. The molecule has 0 saturated carbocycles. The minimum atomic E-state index is -0.426. The van der Waals surface area contributed by atoms with Gasteiger partial charge in [0.05, 0.1) is 18.0 Å². The molecular weight excluding hydrogens is 618 g/mol. The van der Waals surface area contributed by atoms with E-state index in [0.29, 0.717) is 61.5 Å². The van der Waals surface area contributed by atoms with E-state index in [9.17, 15) is 19.2 Å². The Bertz CT molecular complexity index is 1590. The largest absolute Gasteiger partial charge is 0.450 e. The highest BCUT2D eigenvalue weighted by atomic mass is 79.9. The lowest BCUT2D eigenvalue weighted by Gasteiger charge is -2.44. The first-order chi connectivity index (χ1) is 20.8. The van der Waals surface area contributed by atoms with Gasteiger partial charge >= 0.3 is 6.09 Å². The maximum Gasteiger partial charge on any atom is 0.409 e. The Labute approximate surface area is 257 Å². The van der Waals surface area contributed by atoms with Crippen LogP contribution in [0.15, 0.2) is 62.4 Å². The van der Waals surface area contributed by atoms with Gasteiger partial charge in [-0.1, -0.05) is 6.07 Å². The average Bonchev–Trinajstić information content (AvgIpc) is 3.44. The van der Waals surface area contributed by atoms with Crippen molar-refractivity contribution >= 4 is 45.2 Å². The highest BCUT2D eigenvalue weighted by molar-refractivity contribution is 9.10. The third-order valence-corrected chi connectivity index (χ3v) is 8.91. The van der Waals surface area contributed by atoms with Crippen molar-refractivity contribution in [1.29, 1.82) is 0 Å². The van der Waals surface area contributed by atoms with Gasteiger partial charge in [0.15, 0.2) is 10.4 Å². The van der Waals surface area contributed by atoms with E-state index in [1.54, 1.807) is 42.2 Å². The van der Waals surface area contributed by atoms with E-state index in [0.717, 1.165) is 24.3 Å². The van der Waals surface area contributed by atoms with Gasteiger partial charge in [-0.05, 0) is 84.4 Å². The Hall–Kier alpha value is -4.06. The summed E-state index contributed by atoms with van der Waals surface area (Å²) in [6.45, 7) is 5.17. The van der Waals surface area contributed by atoms with Gasteiger partial charge in [-0.15, -0.1) is 0 Å². The minimum Gasteiger partial charge on any atom is -0.450 e. The number of anilines is 2. The molecule has 0 spiro atoms. The summed E-state index contributed by atoms with van der Waals surface area (Å²) in [5, 5.41) is 6.06. The Kier molecular flexibility index (Phi) is 8.29. The normalized spacial score (nSPS) is 19.9. The SMILES string of the molecule is CCOC(=O)N1CCC(NC(=O)c2ccc(N3CC4CC(C3)c3cccc(=O)n3C4)c(NC(=O)c3ccc(Br)o3)c2)CC1. The quantitative estimate of drug-likeness (QED) is 0.404. The third kappa shape index (κ3) is 6.20. The number of likely N-dealkylation sites (tertiary alicyclic amines) is 1. The molecule has 2 bridgehead atoms. The number of rotatable bonds is 6. The topological polar surface area (TPSA) is 126 Å². The molecule has 2 aromatic heterocycles. The number of piperidine rings is 2. The zero-order valence-corrected chi connectivity index (χ0v) is 25.5. The second-order valence-electron chi connectivity index (χ2n) is 11.3. The summed E-state index contributed by atoms with van der Waals surface area (Å²) < 4.78 is 12.9. The van der Waals surface area contributed by atoms with Gasteiger partial charge in [0.2, 0.25) is 0 Å². The molecule has 2 saturated heterocycles. The second kappa shape index (κ2) is 12.3. The second-order valence-corrected chi connectivity index (χ2v) is 12.1. The van der Waals surface area contributed by atoms with Crippen LogP contribution in [0.1, 0.15) is 58.7 Å². The first kappa shape index (κ1) is 29.0. The van der Waals surface area contributed by atoms with Gasteiger partial charge in [-0.25, -0.2) is 4.79 Å². The van der Waals surface area contributed by atoms with Crippen LogP contribution >= 0.6 is 15.9 Å². The summed E-state index contributed by atoms with van der Waals surface area (Å²) in [7, 11) is 0. The van der Waals surface area contributed by atoms with Gasteiger partial charge in [-0.2, -0.15) is 0 Å². The van der Waals surface area contributed by atoms with E-state index < -0.39 is 5.91 Å². The van der Waals surface area contributed by atoms with Gasteiger partial charge in [0.25, 0.3) is 17.4 Å². The first-order valence-corrected chi connectivity index (χ1v) is 15.5. The summed E-state index contributed by atoms with van der Waals surface area (Å²) in [6.07, 6.45) is 1.92. The van der Waals surface area contributed by atoms with Crippen LogP contribution in [0.5, 0.6) is 0 Å². The number of halogens is 1. The highest BCUT2D eigenvalue weighted by Gasteiger charge is 2.35. The van der Waals surface area contributed by atoms with Crippen molar-refractivity contribution in [1.82, 2.24) is 14.8 Å². The van der Waals surface area contributed by atoms with Crippen LogP contribution in [-0.4, -0.2) is 66.2 Å². The maximum atomic E-state index is 13.4. The maximum absolute atomic E-state index is 13.4. The molecular formula is C31H34BrN5O6. The van der Waals surface area contributed by atoms with Gasteiger partial charge in [-0.3, -0.25) is 14.4 Å².